The van der Waals surface area contributed by atoms with Crippen LogP contribution in [-0.4, -0.2) is 60.2 Å². The zero-order valence-electron chi connectivity index (χ0n) is 9.78. The van der Waals surface area contributed by atoms with Crippen molar-refractivity contribution in [2.75, 3.05) is 44.3 Å². The molecule has 0 atom stereocenters. The molecule has 1 fully saturated rings. The number of aliphatic hydroxyl groups excluding tert-OH is 1. The van der Waals surface area contributed by atoms with Crippen molar-refractivity contribution in [2.24, 2.45) is 0 Å². The van der Waals surface area contributed by atoms with E-state index in [0.29, 0.717) is 6.54 Å². The number of nitrogens with one attached hydrogen (secondary N) is 1. The monoisotopic (exact) mass is 246 g/mol. The molecule has 2 N–H and O–H groups in total. The van der Waals surface area contributed by atoms with E-state index in [2.05, 4.69) is 5.32 Å². The van der Waals surface area contributed by atoms with Crippen LogP contribution in [0.15, 0.2) is 0 Å². The summed E-state index contributed by atoms with van der Waals surface area (Å²) in [5.41, 5.74) is 0. The van der Waals surface area contributed by atoms with Gasteiger partial charge in [0, 0.05) is 32.0 Å². The number of carbonyl (C=O) groups excluding carboxylic acids is 1. The highest BCUT2D eigenvalue weighted by molar-refractivity contribution is 7.99. The topological polar surface area (TPSA) is 52.6 Å². The van der Waals surface area contributed by atoms with Crippen molar-refractivity contribution in [2.45, 2.75) is 19.3 Å². The van der Waals surface area contributed by atoms with Gasteiger partial charge in [0.1, 0.15) is 0 Å². The summed E-state index contributed by atoms with van der Waals surface area (Å²) in [6.07, 6.45) is 3.17. The highest BCUT2D eigenvalue weighted by Crippen LogP contribution is 2.06. The number of hydrogen-bond acceptors (Lipinski definition) is 4. The normalized spacial score (nSPS) is 15.7. The van der Waals surface area contributed by atoms with Crippen LogP contribution in [0.2, 0.25) is 0 Å². The van der Waals surface area contributed by atoms with Crippen LogP contribution in [0.4, 0.5) is 0 Å². The molecule has 1 aliphatic rings. The predicted molar refractivity (Wildman–Crippen MR) is 67.7 cm³/mol. The molecule has 1 saturated heterocycles. The lowest BCUT2D eigenvalue weighted by Gasteiger charge is -2.15. The Morgan fingerprint density at radius 3 is 2.75 bits per heavy atom. The summed E-state index contributed by atoms with van der Waals surface area (Å²) in [5.74, 6) is 2.24. The number of aliphatic hydroxyl groups is 1. The van der Waals surface area contributed by atoms with Crippen LogP contribution in [0.1, 0.15) is 19.3 Å². The maximum Gasteiger partial charge on any atom is 0.236 e. The first kappa shape index (κ1) is 13.8. The van der Waals surface area contributed by atoms with Gasteiger partial charge in [-0.3, -0.25) is 4.79 Å². The number of nitrogens with zero attached hydrogens (tertiary/aromatic N) is 1. The van der Waals surface area contributed by atoms with Crippen molar-refractivity contribution in [3.05, 3.63) is 0 Å². The van der Waals surface area contributed by atoms with E-state index in [-0.39, 0.29) is 12.5 Å². The fourth-order valence-electron chi connectivity index (χ4n) is 1.69. The minimum Gasteiger partial charge on any atom is -0.396 e. The third-order valence-corrected chi connectivity index (χ3v) is 3.68. The summed E-state index contributed by atoms with van der Waals surface area (Å²) in [4.78, 5) is 13.5. The first-order chi connectivity index (χ1) is 7.84. The minimum atomic E-state index is 0.234. The van der Waals surface area contributed by atoms with Crippen LogP contribution in [0.3, 0.4) is 0 Å². The number of hydrogen-bond donors (Lipinski definition) is 2. The number of likely N-dealkylation sites (tertiary alicyclic amines) is 1. The van der Waals surface area contributed by atoms with Crippen molar-refractivity contribution in [3.8, 4) is 0 Å². The number of rotatable bonds is 8. The molecule has 94 valence electrons. The van der Waals surface area contributed by atoms with Gasteiger partial charge in [-0.25, -0.2) is 0 Å². The molecule has 1 rings (SSSR count). The van der Waals surface area contributed by atoms with Crippen molar-refractivity contribution in [3.63, 3.8) is 0 Å². The van der Waals surface area contributed by atoms with Gasteiger partial charge in [-0.15, -0.1) is 0 Å². The Kier molecular flexibility index (Phi) is 7.63. The lowest BCUT2D eigenvalue weighted by Crippen LogP contribution is -2.36. The van der Waals surface area contributed by atoms with Gasteiger partial charge in [0.05, 0.1) is 6.54 Å². The maximum absolute atomic E-state index is 11.6. The van der Waals surface area contributed by atoms with E-state index in [1.165, 1.54) is 0 Å². The van der Waals surface area contributed by atoms with Gasteiger partial charge < -0.3 is 15.3 Å². The molecule has 0 saturated carbocycles. The molecule has 0 radical (unpaired) electrons. The molecule has 0 spiro atoms. The molecule has 0 aliphatic carbocycles. The Morgan fingerprint density at radius 2 is 2.06 bits per heavy atom. The van der Waals surface area contributed by atoms with Crippen molar-refractivity contribution in [1.29, 1.82) is 0 Å². The van der Waals surface area contributed by atoms with Gasteiger partial charge in [-0.1, -0.05) is 0 Å². The van der Waals surface area contributed by atoms with E-state index >= 15 is 0 Å². The average Bonchev–Trinajstić information content (AvgIpc) is 2.81. The molecule has 1 heterocycles. The highest BCUT2D eigenvalue weighted by Gasteiger charge is 2.16. The predicted octanol–water partition coefficient (Wildman–Crippen LogP) is 0.314. The lowest BCUT2D eigenvalue weighted by atomic mass is 10.4. The van der Waals surface area contributed by atoms with E-state index in [0.717, 1.165) is 50.4 Å². The van der Waals surface area contributed by atoms with E-state index < -0.39 is 0 Å². The highest BCUT2D eigenvalue weighted by atomic mass is 32.2. The van der Waals surface area contributed by atoms with Gasteiger partial charge >= 0.3 is 0 Å². The lowest BCUT2D eigenvalue weighted by molar-refractivity contribution is -0.129. The van der Waals surface area contributed by atoms with Crippen molar-refractivity contribution >= 4 is 17.7 Å². The Bertz CT molecular complexity index is 196. The molecular formula is C11H22N2O2S. The molecular weight excluding hydrogens is 224 g/mol. The molecule has 0 unspecified atom stereocenters. The first-order valence-corrected chi connectivity index (χ1v) is 7.17. The van der Waals surface area contributed by atoms with E-state index in [1.807, 2.05) is 16.7 Å². The molecule has 0 aromatic heterocycles. The number of carbonyl (C=O) groups is 1. The maximum atomic E-state index is 11.6. The fourth-order valence-corrected chi connectivity index (χ4v) is 2.51. The second kappa shape index (κ2) is 8.84. The summed E-state index contributed by atoms with van der Waals surface area (Å²) in [6, 6.07) is 0. The Balaban J connectivity index is 1.88. The third-order valence-electron chi connectivity index (χ3n) is 2.60. The Labute approximate surface area is 102 Å². The molecule has 0 bridgehead atoms. The number of thioether (sulfide) groups is 1. The summed E-state index contributed by atoms with van der Waals surface area (Å²) >= 11 is 1.81. The van der Waals surface area contributed by atoms with Gasteiger partial charge in [0.2, 0.25) is 5.91 Å². The van der Waals surface area contributed by atoms with Crippen LogP contribution in [0, 0.1) is 0 Å². The largest absolute Gasteiger partial charge is 0.396 e. The molecule has 1 aliphatic heterocycles. The van der Waals surface area contributed by atoms with Crippen molar-refractivity contribution in [1.82, 2.24) is 10.2 Å². The zero-order valence-corrected chi connectivity index (χ0v) is 10.6. The van der Waals surface area contributed by atoms with Gasteiger partial charge in [-0.05, 0) is 25.0 Å². The summed E-state index contributed by atoms with van der Waals surface area (Å²) < 4.78 is 0. The average molecular weight is 246 g/mol. The summed E-state index contributed by atoms with van der Waals surface area (Å²) in [6.45, 7) is 3.49. The van der Waals surface area contributed by atoms with Crippen LogP contribution in [0.25, 0.3) is 0 Å². The van der Waals surface area contributed by atoms with Gasteiger partial charge in [0.25, 0.3) is 0 Å². The second-order valence-electron chi connectivity index (χ2n) is 3.95. The Hall–Kier alpha value is -0.260. The molecule has 0 aromatic rings. The molecule has 5 heteroatoms. The van der Waals surface area contributed by atoms with Gasteiger partial charge in [-0.2, -0.15) is 11.8 Å². The zero-order chi connectivity index (χ0) is 11.6. The van der Waals surface area contributed by atoms with Crippen LogP contribution < -0.4 is 5.32 Å². The SMILES string of the molecule is O=C(CNCCSCCCO)N1CCCC1. The van der Waals surface area contributed by atoms with Crippen LogP contribution in [0.5, 0.6) is 0 Å². The standard InChI is InChI=1S/C11H22N2O2S/c14-7-3-8-16-9-4-12-10-11(15)13-5-1-2-6-13/h12,14H,1-10H2. The first-order valence-electron chi connectivity index (χ1n) is 6.01. The second-order valence-corrected chi connectivity index (χ2v) is 5.18. The fraction of sp³-hybridized carbons (Fsp3) is 0.909. The molecule has 0 aromatic carbocycles. The van der Waals surface area contributed by atoms with E-state index in [4.69, 9.17) is 5.11 Å². The molecule has 16 heavy (non-hydrogen) atoms. The molecule has 1 amide bonds. The summed E-state index contributed by atoms with van der Waals surface area (Å²) in [7, 11) is 0. The number of amides is 1. The smallest absolute Gasteiger partial charge is 0.236 e. The third kappa shape index (κ3) is 5.72. The Morgan fingerprint density at radius 1 is 1.31 bits per heavy atom. The van der Waals surface area contributed by atoms with Gasteiger partial charge in [0.15, 0.2) is 0 Å². The van der Waals surface area contributed by atoms with E-state index in [1.54, 1.807) is 0 Å². The van der Waals surface area contributed by atoms with E-state index in [9.17, 15) is 4.79 Å². The minimum absolute atomic E-state index is 0.234. The summed E-state index contributed by atoms with van der Waals surface area (Å²) in [5, 5.41) is 11.7. The van der Waals surface area contributed by atoms with Crippen molar-refractivity contribution < 1.29 is 9.90 Å². The quantitative estimate of drug-likeness (QED) is 0.605. The van der Waals surface area contributed by atoms with Crippen LogP contribution in [-0.2, 0) is 4.79 Å². The molecule has 4 nitrogen and oxygen atoms in total. The van der Waals surface area contributed by atoms with Crippen LogP contribution >= 0.6 is 11.8 Å².